The van der Waals surface area contributed by atoms with E-state index >= 15 is 0 Å². The van der Waals surface area contributed by atoms with Gasteiger partial charge < -0.3 is 9.73 Å². The first-order valence-electron chi connectivity index (χ1n) is 7.00. The third-order valence-corrected chi connectivity index (χ3v) is 3.99. The molecule has 1 aliphatic rings. The standard InChI is InChI=1S/C15H26N2O/c1-5-12-9-16-14(15(2,3)4)11-17(12)10-13-7-6-8-18-13/h6-8,12,14,16H,5,9-11H2,1-4H3. The monoisotopic (exact) mass is 250 g/mol. The lowest BCUT2D eigenvalue weighted by atomic mass is 9.84. The van der Waals surface area contributed by atoms with Gasteiger partial charge in [-0.1, -0.05) is 27.7 Å². The van der Waals surface area contributed by atoms with Crippen molar-refractivity contribution in [3.8, 4) is 0 Å². The van der Waals surface area contributed by atoms with Crippen LogP contribution in [0.25, 0.3) is 0 Å². The first kappa shape index (κ1) is 13.6. The summed E-state index contributed by atoms with van der Waals surface area (Å²) >= 11 is 0. The summed E-state index contributed by atoms with van der Waals surface area (Å²) in [6.07, 6.45) is 2.95. The maximum atomic E-state index is 5.49. The second-order valence-corrected chi connectivity index (χ2v) is 6.40. The third kappa shape index (κ3) is 3.15. The molecule has 0 radical (unpaired) electrons. The highest BCUT2D eigenvalue weighted by molar-refractivity contribution is 5.00. The van der Waals surface area contributed by atoms with Gasteiger partial charge in [-0.2, -0.15) is 0 Å². The smallest absolute Gasteiger partial charge is 0.117 e. The Kier molecular flexibility index (Phi) is 4.13. The molecule has 0 bridgehead atoms. The van der Waals surface area contributed by atoms with Crippen molar-refractivity contribution in [1.29, 1.82) is 0 Å². The highest BCUT2D eigenvalue weighted by atomic mass is 16.3. The molecule has 0 spiro atoms. The Hall–Kier alpha value is -0.800. The second kappa shape index (κ2) is 5.45. The molecule has 2 rings (SSSR count). The SMILES string of the molecule is CCC1CNC(C(C)(C)C)CN1Cc1ccco1. The molecule has 3 heteroatoms. The van der Waals surface area contributed by atoms with Gasteiger partial charge in [0.25, 0.3) is 0 Å². The topological polar surface area (TPSA) is 28.4 Å². The number of nitrogens with one attached hydrogen (secondary N) is 1. The minimum absolute atomic E-state index is 0.306. The molecule has 1 aromatic heterocycles. The predicted octanol–water partition coefficient (Wildman–Crippen LogP) is 2.88. The number of piperazine rings is 1. The van der Waals surface area contributed by atoms with Crippen LogP contribution in [-0.2, 0) is 6.54 Å². The van der Waals surface area contributed by atoms with Crippen LogP contribution in [0.4, 0.5) is 0 Å². The zero-order chi connectivity index (χ0) is 13.2. The summed E-state index contributed by atoms with van der Waals surface area (Å²) in [5.74, 6) is 1.07. The van der Waals surface area contributed by atoms with Crippen molar-refractivity contribution in [2.75, 3.05) is 13.1 Å². The molecule has 102 valence electrons. The van der Waals surface area contributed by atoms with Crippen LogP contribution in [0, 0.1) is 5.41 Å². The lowest BCUT2D eigenvalue weighted by molar-refractivity contribution is 0.0719. The van der Waals surface area contributed by atoms with Gasteiger partial charge in [-0.3, -0.25) is 4.90 Å². The summed E-state index contributed by atoms with van der Waals surface area (Å²) in [6.45, 7) is 12.3. The highest BCUT2D eigenvalue weighted by Crippen LogP contribution is 2.25. The van der Waals surface area contributed by atoms with Crippen LogP contribution in [0.5, 0.6) is 0 Å². The molecule has 1 aromatic rings. The number of nitrogens with zero attached hydrogens (tertiary/aromatic N) is 1. The van der Waals surface area contributed by atoms with E-state index in [4.69, 9.17) is 4.42 Å². The molecule has 3 nitrogen and oxygen atoms in total. The zero-order valence-electron chi connectivity index (χ0n) is 12.1. The van der Waals surface area contributed by atoms with Gasteiger partial charge in [-0.15, -0.1) is 0 Å². The van der Waals surface area contributed by atoms with Crippen LogP contribution in [0.2, 0.25) is 0 Å². The van der Waals surface area contributed by atoms with Gasteiger partial charge in [-0.05, 0) is 24.0 Å². The summed E-state index contributed by atoms with van der Waals surface area (Å²) in [5, 5.41) is 3.70. The van der Waals surface area contributed by atoms with Crippen LogP contribution in [0.15, 0.2) is 22.8 Å². The van der Waals surface area contributed by atoms with Gasteiger partial charge >= 0.3 is 0 Å². The summed E-state index contributed by atoms with van der Waals surface area (Å²) < 4.78 is 5.49. The first-order valence-corrected chi connectivity index (χ1v) is 7.00. The van der Waals surface area contributed by atoms with Crippen LogP contribution in [-0.4, -0.2) is 30.1 Å². The van der Waals surface area contributed by atoms with E-state index in [2.05, 4.69) is 44.0 Å². The largest absolute Gasteiger partial charge is 0.468 e. The van der Waals surface area contributed by atoms with Crippen molar-refractivity contribution >= 4 is 0 Å². The Morgan fingerprint density at radius 1 is 1.44 bits per heavy atom. The molecule has 0 aromatic carbocycles. The van der Waals surface area contributed by atoms with Crippen molar-refractivity contribution < 1.29 is 4.42 Å². The van der Waals surface area contributed by atoms with Crippen LogP contribution < -0.4 is 5.32 Å². The molecule has 1 N–H and O–H groups in total. The molecule has 2 heterocycles. The van der Waals surface area contributed by atoms with Crippen LogP contribution in [0.1, 0.15) is 39.9 Å². The van der Waals surface area contributed by atoms with Crippen LogP contribution in [0.3, 0.4) is 0 Å². The van der Waals surface area contributed by atoms with Gasteiger partial charge in [0.2, 0.25) is 0 Å². The molecular weight excluding hydrogens is 224 g/mol. The van der Waals surface area contributed by atoms with E-state index in [0.717, 1.165) is 25.4 Å². The Morgan fingerprint density at radius 3 is 2.78 bits per heavy atom. The molecule has 18 heavy (non-hydrogen) atoms. The first-order chi connectivity index (χ1) is 8.50. The lowest BCUT2D eigenvalue weighted by Gasteiger charge is -2.44. The van der Waals surface area contributed by atoms with E-state index in [0.29, 0.717) is 17.5 Å². The molecule has 0 saturated carbocycles. The second-order valence-electron chi connectivity index (χ2n) is 6.40. The number of hydrogen-bond acceptors (Lipinski definition) is 3. The Balaban J connectivity index is 2.04. The maximum Gasteiger partial charge on any atom is 0.117 e. The van der Waals surface area contributed by atoms with Gasteiger partial charge in [0.1, 0.15) is 5.76 Å². The van der Waals surface area contributed by atoms with Gasteiger partial charge in [-0.25, -0.2) is 0 Å². The van der Waals surface area contributed by atoms with E-state index < -0.39 is 0 Å². The Labute approximate surface area is 111 Å². The van der Waals surface area contributed by atoms with Crippen molar-refractivity contribution in [2.45, 2.75) is 52.7 Å². The maximum absolute atomic E-state index is 5.49. The summed E-state index contributed by atoms with van der Waals surface area (Å²) in [4.78, 5) is 2.56. The third-order valence-electron chi connectivity index (χ3n) is 3.99. The van der Waals surface area contributed by atoms with E-state index in [1.54, 1.807) is 6.26 Å². The fourth-order valence-electron chi connectivity index (χ4n) is 2.63. The van der Waals surface area contributed by atoms with Crippen molar-refractivity contribution in [3.05, 3.63) is 24.2 Å². The van der Waals surface area contributed by atoms with Crippen molar-refractivity contribution in [3.63, 3.8) is 0 Å². The zero-order valence-corrected chi connectivity index (χ0v) is 12.1. The molecule has 1 aliphatic heterocycles. The normalized spacial score (nSPS) is 26.4. The van der Waals surface area contributed by atoms with E-state index in [-0.39, 0.29) is 0 Å². The molecular formula is C15H26N2O. The quantitative estimate of drug-likeness (QED) is 0.894. The van der Waals surface area contributed by atoms with E-state index in [1.165, 1.54) is 6.42 Å². The van der Waals surface area contributed by atoms with Crippen LogP contribution >= 0.6 is 0 Å². The summed E-state index contributed by atoms with van der Waals surface area (Å²) in [5.41, 5.74) is 0.306. The highest BCUT2D eigenvalue weighted by Gasteiger charge is 2.33. The molecule has 2 unspecified atom stereocenters. The Morgan fingerprint density at radius 2 is 2.22 bits per heavy atom. The number of hydrogen-bond donors (Lipinski definition) is 1. The molecule has 0 amide bonds. The Bertz CT molecular complexity index is 353. The van der Waals surface area contributed by atoms with Gasteiger partial charge in [0.15, 0.2) is 0 Å². The summed E-state index contributed by atoms with van der Waals surface area (Å²) in [6, 6.07) is 5.21. The molecule has 1 fully saturated rings. The van der Waals surface area contributed by atoms with Crippen molar-refractivity contribution in [1.82, 2.24) is 10.2 Å². The number of furan rings is 1. The van der Waals surface area contributed by atoms with E-state index in [1.807, 2.05) is 6.07 Å². The molecule has 0 aliphatic carbocycles. The van der Waals surface area contributed by atoms with Gasteiger partial charge in [0, 0.05) is 25.2 Å². The average Bonchev–Trinajstić information content (AvgIpc) is 2.80. The van der Waals surface area contributed by atoms with E-state index in [9.17, 15) is 0 Å². The van der Waals surface area contributed by atoms with Crippen molar-refractivity contribution in [2.24, 2.45) is 5.41 Å². The summed E-state index contributed by atoms with van der Waals surface area (Å²) in [7, 11) is 0. The molecule has 1 saturated heterocycles. The fraction of sp³-hybridized carbons (Fsp3) is 0.733. The number of rotatable bonds is 3. The minimum atomic E-state index is 0.306. The fourth-order valence-corrected chi connectivity index (χ4v) is 2.63. The predicted molar refractivity (Wildman–Crippen MR) is 74.4 cm³/mol. The molecule has 2 atom stereocenters. The average molecular weight is 250 g/mol. The lowest BCUT2D eigenvalue weighted by Crippen LogP contribution is -2.59. The van der Waals surface area contributed by atoms with Gasteiger partial charge in [0.05, 0.1) is 12.8 Å². The minimum Gasteiger partial charge on any atom is -0.468 e.